The molecule has 0 spiro atoms. The molecule has 1 aliphatic heterocycles. The fourth-order valence-electron chi connectivity index (χ4n) is 3.99. The molecule has 25 heavy (non-hydrogen) atoms. The quantitative estimate of drug-likeness (QED) is 0.786. The minimum atomic E-state index is 0.100. The van der Waals surface area contributed by atoms with Crippen molar-refractivity contribution in [3.63, 3.8) is 0 Å². The molecule has 128 valence electrons. The maximum atomic E-state index is 13.1. The molecule has 1 heterocycles. The molecule has 1 saturated carbocycles. The lowest BCUT2D eigenvalue weighted by Gasteiger charge is -2.36. The van der Waals surface area contributed by atoms with Crippen molar-refractivity contribution in [1.29, 1.82) is 5.26 Å². The predicted molar refractivity (Wildman–Crippen MR) is 99.4 cm³/mol. The van der Waals surface area contributed by atoms with Gasteiger partial charge in [-0.25, -0.2) is 0 Å². The van der Waals surface area contributed by atoms with Crippen molar-refractivity contribution in [2.24, 2.45) is 17.8 Å². The average molecular weight is 332 g/mol. The summed E-state index contributed by atoms with van der Waals surface area (Å²) in [7, 11) is 0. The molecule has 3 nitrogen and oxygen atoms in total. The number of piperidine rings is 1. The zero-order valence-corrected chi connectivity index (χ0v) is 14.7. The van der Waals surface area contributed by atoms with Gasteiger partial charge in [-0.15, -0.1) is 0 Å². The normalized spacial score (nSPS) is 24.2. The van der Waals surface area contributed by atoms with Crippen molar-refractivity contribution in [2.75, 3.05) is 19.6 Å². The van der Waals surface area contributed by atoms with Gasteiger partial charge in [-0.05, 0) is 66.6 Å². The monoisotopic (exact) mass is 332 g/mol. The fourth-order valence-corrected chi connectivity index (χ4v) is 3.99. The summed E-state index contributed by atoms with van der Waals surface area (Å²) in [6, 6.07) is 13.7. The molecule has 0 amide bonds. The van der Waals surface area contributed by atoms with Gasteiger partial charge < -0.3 is 4.90 Å². The van der Waals surface area contributed by atoms with E-state index in [4.69, 9.17) is 5.26 Å². The molecular weight excluding hydrogens is 308 g/mol. The molecule has 4 rings (SSSR count). The largest absolute Gasteiger partial charge is 0.302 e. The Morgan fingerprint density at radius 2 is 1.92 bits per heavy atom. The van der Waals surface area contributed by atoms with Crippen molar-refractivity contribution in [1.82, 2.24) is 4.90 Å². The van der Waals surface area contributed by atoms with Crippen LogP contribution in [0.4, 0.5) is 0 Å². The van der Waals surface area contributed by atoms with E-state index in [9.17, 15) is 4.79 Å². The first kappa shape index (κ1) is 16.3. The van der Waals surface area contributed by atoms with Gasteiger partial charge in [0.05, 0.1) is 11.6 Å². The van der Waals surface area contributed by atoms with E-state index >= 15 is 0 Å². The summed E-state index contributed by atoms with van der Waals surface area (Å²) >= 11 is 0. The minimum Gasteiger partial charge on any atom is -0.302 e. The highest BCUT2D eigenvalue weighted by Gasteiger charge is 2.34. The summed E-state index contributed by atoms with van der Waals surface area (Å²) in [6.45, 7) is 5.43. The van der Waals surface area contributed by atoms with E-state index in [1.54, 1.807) is 0 Å². The first-order valence-corrected chi connectivity index (χ1v) is 9.34. The van der Waals surface area contributed by atoms with Crippen molar-refractivity contribution in [3.05, 3.63) is 47.5 Å². The summed E-state index contributed by atoms with van der Waals surface area (Å²) in [4.78, 5) is 15.6. The Morgan fingerprint density at radius 3 is 2.68 bits per heavy atom. The molecule has 2 aromatic carbocycles. The molecule has 1 aliphatic carbocycles. The first-order valence-electron chi connectivity index (χ1n) is 9.34. The lowest BCUT2D eigenvalue weighted by molar-refractivity contribution is 0.0711. The average Bonchev–Trinajstić information content (AvgIpc) is 3.46. The van der Waals surface area contributed by atoms with Gasteiger partial charge in [-0.3, -0.25) is 4.79 Å². The number of Topliss-reactive ketones (excluding diaryl/α,β-unsaturated/α-hetero) is 1. The molecule has 3 heteroatoms. The van der Waals surface area contributed by atoms with E-state index < -0.39 is 0 Å². The van der Waals surface area contributed by atoms with Crippen LogP contribution >= 0.6 is 0 Å². The number of benzene rings is 2. The van der Waals surface area contributed by atoms with Gasteiger partial charge in [0.15, 0.2) is 5.78 Å². The highest BCUT2D eigenvalue weighted by molar-refractivity contribution is 6.01. The lowest BCUT2D eigenvalue weighted by atomic mass is 9.81. The zero-order valence-electron chi connectivity index (χ0n) is 14.7. The minimum absolute atomic E-state index is 0.100. The Labute approximate surface area is 149 Å². The summed E-state index contributed by atoms with van der Waals surface area (Å²) < 4.78 is 0. The van der Waals surface area contributed by atoms with E-state index in [1.807, 2.05) is 36.4 Å². The van der Waals surface area contributed by atoms with Crippen LogP contribution in [-0.2, 0) is 0 Å². The molecule has 2 unspecified atom stereocenters. The number of carbonyl (C=O) groups excluding carboxylic acids is 1. The van der Waals surface area contributed by atoms with Gasteiger partial charge in [-0.2, -0.15) is 5.26 Å². The zero-order chi connectivity index (χ0) is 17.4. The molecule has 2 fully saturated rings. The van der Waals surface area contributed by atoms with E-state index in [0.717, 1.165) is 41.8 Å². The van der Waals surface area contributed by atoms with Crippen LogP contribution < -0.4 is 0 Å². The summed E-state index contributed by atoms with van der Waals surface area (Å²) in [5.74, 6) is 1.70. The predicted octanol–water partition coefficient (Wildman–Crippen LogP) is 4.26. The van der Waals surface area contributed by atoms with Gasteiger partial charge in [0.1, 0.15) is 0 Å². The van der Waals surface area contributed by atoms with Gasteiger partial charge in [0.25, 0.3) is 0 Å². The molecule has 0 N–H and O–H groups in total. The number of hydrogen-bond donors (Lipinski definition) is 0. The van der Waals surface area contributed by atoms with E-state index in [-0.39, 0.29) is 11.7 Å². The van der Waals surface area contributed by atoms with Crippen molar-refractivity contribution in [2.45, 2.75) is 26.2 Å². The number of fused-ring (bicyclic) bond motifs is 1. The maximum absolute atomic E-state index is 13.1. The standard InChI is InChI=1S/C22H24N2O/c1-15-8-9-24(13-16-2-3-16)14-21(15)22(25)20-7-6-18-10-17(12-23)4-5-19(18)11-20/h4-7,10-11,15-16,21H,2-3,8-9,13-14H2,1H3. The van der Waals surface area contributed by atoms with Crippen LogP contribution in [0, 0.1) is 29.1 Å². The molecule has 2 aliphatic rings. The summed E-state index contributed by atoms with van der Waals surface area (Å²) in [5, 5.41) is 11.1. The van der Waals surface area contributed by atoms with Gasteiger partial charge in [0, 0.05) is 24.6 Å². The number of carbonyl (C=O) groups is 1. The molecule has 0 bridgehead atoms. The smallest absolute Gasteiger partial charge is 0.167 e. The number of ketones is 1. The van der Waals surface area contributed by atoms with Crippen LogP contribution in [0.25, 0.3) is 10.8 Å². The number of likely N-dealkylation sites (tertiary alicyclic amines) is 1. The Bertz CT molecular complexity index is 847. The second-order valence-electron chi connectivity index (χ2n) is 7.83. The topological polar surface area (TPSA) is 44.1 Å². The Hall–Kier alpha value is -2.18. The number of nitrogens with zero attached hydrogens (tertiary/aromatic N) is 2. The van der Waals surface area contributed by atoms with Gasteiger partial charge in [-0.1, -0.05) is 25.1 Å². The third kappa shape index (κ3) is 3.45. The van der Waals surface area contributed by atoms with Crippen molar-refractivity contribution in [3.8, 4) is 6.07 Å². The van der Waals surface area contributed by atoms with Crippen LogP contribution in [-0.4, -0.2) is 30.3 Å². The van der Waals surface area contributed by atoms with Crippen LogP contribution in [0.5, 0.6) is 0 Å². The SMILES string of the molecule is CC1CCN(CC2CC2)CC1C(=O)c1ccc2cc(C#N)ccc2c1. The number of hydrogen-bond acceptors (Lipinski definition) is 3. The third-order valence-corrected chi connectivity index (χ3v) is 5.85. The first-order chi connectivity index (χ1) is 12.1. The highest BCUT2D eigenvalue weighted by atomic mass is 16.1. The van der Waals surface area contributed by atoms with E-state index in [0.29, 0.717) is 11.5 Å². The lowest BCUT2D eigenvalue weighted by Crippen LogP contribution is -2.43. The molecule has 2 atom stereocenters. The highest BCUT2D eigenvalue weighted by Crippen LogP contribution is 2.33. The number of nitriles is 1. The maximum Gasteiger partial charge on any atom is 0.167 e. The molecule has 0 radical (unpaired) electrons. The van der Waals surface area contributed by atoms with Crippen molar-refractivity contribution < 1.29 is 4.79 Å². The molecule has 0 aromatic heterocycles. The fraction of sp³-hybridized carbons (Fsp3) is 0.455. The summed E-state index contributed by atoms with van der Waals surface area (Å²) in [5.41, 5.74) is 1.46. The van der Waals surface area contributed by atoms with Crippen LogP contribution in [0.1, 0.15) is 42.1 Å². The Kier molecular flexibility index (Phi) is 4.31. The van der Waals surface area contributed by atoms with Crippen LogP contribution in [0.3, 0.4) is 0 Å². The molecular formula is C22H24N2O. The van der Waals surface area contributed by atoms with Gasteiger partial charge in [0.2, 0.25) is 0 Å². The Balaban J connectivity index is 1.56. The summed E-state index contributed by atoms with van der Waals surface area (Å²) in [6.07, 6.45) is 3.84. The van der Waals surface area contributed by atoms with Gasteiger partial charge >= 0.3 is 0 Å². The molecule has 1 saturated heterocycles. The molecule has 2 aromatic rings. The van der Waals surface area contributed by atoms with E-state index in [1.165, 1.54) is 19.4 Å². The second-order valence-corrected chi connectivity index (χ2v) is 7.83. The number of rotatable bonds is 4. The van der Waals surface area contributed by atoms with Crippen LogP contribution in [0.2, 0.25) is 0 Å². The second kappa shape index (κ2) is 6.61. The Morgan fingerprint density at radius 1 is 1.16 bits per heavy atom. The van der Waals surface area contributed by atoms with Crippen LogP contribution in [0.15, 0.2) is 36.4 Å². The third-order valence-electron chi connectivity index (χ3n) is 5.85. The van der Waals surface area contributed by atoms with Crippen molar-refractivity contribution >= 4 is 16.6 Å². The van der Waals surface area contributed by atoms with E-state index in [2.05, 4.69) is 17.9 Å².